The molecule has 3 rings (SSSR count). The van der Waals surface area contributed by atoms with Gasteiger partial charge in [0.05, 0.1) is 0 Å². The maximum atomic E-state index is 10.6. The summed E-state index contributed by atoms with van der Waals surface area (Å²) in [5.41, 5.74) is 0.993. The van der Waals surface area contributed by atoms with Gasteiger partial charge >= 0.3 is 0 Å². The molecule has 6 heteroatoms. The normalized spacial score (nSPS) is 16.3. The van der Waals surface area contributed by atoms with Crippen LogP contribution in [0.3, 0.4) is 0 Å². The van der Waals surface area contributed by atoms with Gasteiger partial charge in [0, 0.05) is 31.1 Å². The van der Waals surface area contributed by atoms with E-state index >= 15 is 0 Å². The minimum Gasteiger partial charge on any atom is -0.491 e. The van der Waals surface area contributed by atoms with Gasteiger partial charge in [0.15, 0.2) is 0 Å². The first kappa shape index (κ1) is 21.6. The van der Waals surface area contributed by atoms with Gasteiger partial charge in [0.25, 0.3) is 0 Å². The number of aliphatic hydroxyl groups excluding tert-OH is 1. The van der Waals surface area contributed by atoms with Gasteiger partial charge in [-0.1, -0.05) is 29.8 Å². The molecule has 2 aromatic rings. The second-order valence-corrected chi connectivity index (χ2v) is 7.79. The number of aryl methyl sites for hydroxylation is 1. The van der Waals surface area contributed by atoms with Crippen LogP contribution in [-0.4, -0.2) is 54.7 Å². The van der Waals surface area contributed by atoms with E-state index in [-0.39, 0.29) is 12.7 Å². The summed E-state index contributed by atoms with van der Waals surface area (Å²) in [6.45, 7) is 2.57. The van der Waals surface area contributed by atoms with Crippen LogP contribution in [0.25, 0.3) is 0 Å². The van der Waals surface area contributed by atoms with E-state index in [0.29, 0.717) is 24.4 Å². The standard InChI is InChI=1S/C23H28ClNO4/c24-19-7-9-21(10-8-19)29-22-11-13-25(14-12-22)16-20(27)17-28-23-6-2-1-4-18(23)5-3-15-26/h1-2,4,6-10,15,20,22,27H,3,5,11-14,16-17H2. The molecule has 1 aliphatic heterocycles. The highest BCUT2D eigenvalue weighted by atomic mass is 35.5. The molecule has 29 heavy (non-hydrogen) atoms. The van der Waals surface area contributed by atoms with Crippen LogP contribution in [0.1, 0.15) is 24.8 Å². The highest BCUT2D eigenvalue weighted by Gasteiger charge is 2.22. The van der Waals surface area contributed by atoms with Crippen LogP contribution < -0.4 is 9.47 Å². The maximum absolute atomic E-state index is 10.6. The Morgan fingerprint density at radius 3 is 2.59 bits per heavy atom. The van der Waals surface area contributed by atoms with Crippen molar-refractivity contribution in [3.8, 4) is 11.5 Å². The Bertz CT molecular complexity index is 760. The zero-order valence-electron chi connectivity index (χ0n) is 16.5. The number of hydrogen-bond donors (Lipinski definition) is 1. The Kier molecular flexibility index (Phi) is 8.35. The zero-order valence-corrected chi connectivity index (χ0v) is 17.3. The molecular weight excluding hydrogens is 390 g/mol. The molecule has 5 nitrogen and oxygen atoms in total. The molecule has 1 atom stereocenters. The van der Waals surface area contributed by atoms with Crippen molar-refractivity contribution in [1.29, 1.82) is 0 Å². The van der Waals surface area contributed by atoms with Gasteiger partial charge in [-0.25, -0.2) is 0 Å². The summed E-state index contributed by atoms with van der Waals surface area (Å²) in [5.74, 6) is 1.58. The van der Waals surface area contributed by atoms with Crippen molar-refractivity contribution in [1.82, 2.24) is 4.90 Å². The Hall–Kier alpha value is -2.08. The van der Waals surface area contributed by atoms with E-state index in [1.807, 2.05) is 48.5 Å². The smallest absolute Gasteiger partial charge is 0.122 e. The first-order valence-electron chi connectivity index (χ1n) is 10.1. The summed E-state index contributed by atoms with van der Waals surface area (Å²) in [6.07, 6.45) is 3.49. The molecule has 1 N–H and O–H groups in total. The number of aldehydes is 1. The Morgan fingerprint density at radius 1 is 1.14 bits per heavy atom. The van der Waals surface area contributed by atoms with E-state index in [2.05, 4.69) is 4.90 Å². The second-order valence-electron chi connectivity index (χ2n) is 7.35. The monoisotopic (exact) mass is 417 g/mol. The van der Waals surface area contributed by atoms with Crippen LogP contribution in [0, 0.1) is 0 Å². The fourth-order valence-electron chi connectivity index (χ4n) is 3.52. The highest BCUT2D eigenvalue weighted by Crippen LogP contribution is 2.22. The Balaban J connectivity index is 1.39. The number of likely N-dealkylation sites (tertiary alicyclic amines) is 1. The van der Waals surface area contributed by atoms with Crippen LogP contribution in [-0.2, 0) is 11.2 Å². The van der Waals surface area contributed by atoms with Crippen LogP contribution in [0.2, 0.25) is 5.02 Å². The number of benzene rings is 2. The summed E-state index contributed by atoms with van der Waals surface area (Å²) in [7, 11) is 0. The molecule has 0 spiro atoms. The molecule has 0 aromatic heterocycles. The van der Waals surface area contributed by atoms with Crippen molar-refractivity contribution in [3.63, 3.8) is 0 Å². The van der Waals surface area contributed by atoms with E-state index in [9.17, 15) is 9.90 Å². The summed E-state index contributed by atoms with van der Waals surface area (Å²) in [6, 6.07) is 15.1. The average molecular weight is 418 g/mol. The van der Waals surface area contributed by atoms with Crippen molar-refractivity contribution in [2.24, 2.45) is 0 Å². The fraction of sp³-hybridized carbons (Fsp3) is 0.435. The number of nitrogens with zero attached hydrogens (tertiary/aromatic N) is 1. The number of halogens is 1. The molecule has 1 saturated heterocycles. The molecule has 1 aliphatic rings. The largest absolute Gasteiger partial charge is 0.491 e. The molecule has 1 fully saturated rings. The molecule has 0 saturated carbocycles. The quantitative estimate of drug-likeness (QED) is 0.596. The highest BCUT2D eigenvalue weighted by molar-refractivity contribution is 6.30. The van der Waals surface area contributed by atoms with E-state index < -0.39 is 6.10 Å². The molecule has 156 valence electrons. The number of para-hydroxylation sites is 1. The summed E-state index contributed by atoms with van der Waals surface area (Å²) in [5, 5.41) is 11.1. The molecule has 0 bridgehead atoms. The van der Waals surface area contributed by atoms with E-state index in [0.717, 1.165) is 49.3 Å². The lowest BCUT2D eigenvalue weighted by atomic mass is 10.1. The number of piperidine rings is 1. The Labute approximate surface area is 177 Å². The SMILES string of the molecule is O=CCCc1ccccc1OCC(O)CN1CCC(Oc2ccc(Cl)cc2)CC1. The van der Waals surface area contributed by atoms with Crippen molar-refractivity contribution in [2.45, 2.75) is 37.9 Å². The van der Waals surface area contributed by atoms with Crippen LogP contribution in [0.4, 0.5) is 0 Å². The topological polar surface area (TPSA) is 59.0 Å². The number of hydrogen-bond acceptors (Lipinski definition) is 5. The minimum atomic E-state index is -0.567. The number of carbonyl (C=O) groups excluding carboxylic acids is 1. The predicted molar refractivity (Wildman–Crippen MR) is 114 cm³/mol. The van der Waals surface area contributed by atoms with Gasteiger partial charge in [-0.05, 0) is 55.2 Å². The summed E-state index contributed by atoms with van der Waals surface area (Å²) >= 11 is 5.91. The minimum absolute atomic E-state index is 0.186. The first-order chi connectivity index (χ1) is 14.1. The fourth-order valence-corrected chi connectivity index (χ4v) is 3.64. The number of rotatable bonds is 10. The number of aliphatic hydroxyl groups is 1. The number of ether oxygens (including phenoxy) is 2. The third-order valence-corrected chi connectivity index (χ3v) is 5.31. The molecule has 1 heterocycles. The van der Waals surface area contributed by atoms with Crippen molar-refractivity contribution < 1.29 is 19.4 Å². The van der Waals surface area contributed by atoms with E-state index in [1.165, 1.54) is 0 Å². The van der Waals surface area contributed by atoms with E-state index in [4.69, 9.17) is 21.1 Å². The molecule has 0 aliphatic carbocycles. The molecule has 0 radical (unpaired) electrons. The lowest BCUT2D eigenvalue weighted by molar-refractivity contribution is -0.107. The molecule has 0 amide bonds. The first-order valence-corrected chi connectivity index (χ1v) is 10.5. The summed E-state index contributed by atoms with van der Waals surface area (Å²) < 4.78 is 11.8. The van der Waals surface area contributed by atoms with Gasteiger partial charge < -0.3 is 24.3 Å². The van der Waals surface area contributed by atoms with Crippen molar-refractivity contribution >= 4 is 17.9 Å². The lowest BCUT2D eigenvalue weighted by Crippen LogP contribution is -2.43. The zero-order chi connectivity index (χ0) is 20.5. The van der Waals surface area contributed by atoms with Gasteiger partial charge in [-0.15, -0.1) is 0 Å². The maximum Gasteiger partial charge on any atom is 0.122 e. The predicted octanol–water partition coefficient (Wildman–Crippen LogP) is 3.75. The third kappa shape index (κ3) is 7.03. The van der Waals surface area contributed by atoms with Crippen LogP contribution in [0.15, 0.2) is 48.5 Å². The number of β-amino-alcohol motifs (C(OH)–C–C–N with tert-alkyl or cyclic N) is 1. The van der Waals surface area contributed by atoms with Gasteiger partial charge in [-0.2, -0.15) is 0 Å². The number of carbonyl (C=O) groups is 1. The average Bonchev–Trinajstić information content (AvgIpc) is 2.74. The van der Waals surface area contributed by atoms with Crippen molar-refractivity contribution in [3.05, 3.63) is 59.1 Å². The van der Waals surface area contributed by atoms with Gasteiger partial charge in [0.2, 0.25) is 0 Å². The molecule has 2 aromatic carbocycles. The lowest BCUT2D eigenvalue weighted by Gasteiger charge is -2.33. The molecular formula is C23H28ClNO4. The third-order valence-electron chi connectivity index (χ3n) is 5.06. The van der Waals surface area contributed by atoms with Gasteiger partial charge in [0.1, 0.15) is 36.6 Å². The Morgan fingerprint density at radius 2 is 1.86 bits per heavy atom. The van der Waals surface area contributed by atoms with E-state index in [1.54, 1.807) is 0 Å². The van der Waals surface area contributed by atoms with Crippen LogP contribution in [0.5, 0.6) is 11.5 Å². The summed E-state index contributed by atoms with van der Waals surface area (Å²) in [4.78, 5) is 12.9. The van der Waals surface area contributed by atoms with Crippen LogP contribution >= 0.6 is 11.6 Å². The second kappa shape index (κ2) is 11.2. The molecule has 1 unspecified atom stereocenters. The van der Waals surface area contributed by atoms with Crippen molar-refractivity contribution in [2.75, 3.05) is 26.2 Å². The van der Waals surface area contributed by atoms with Gasteiger partial charge in [-0.3, -0.25) is 0 Å².